The molecule has 2 aromatic heterocycles. The summed E-state index contributed by atoms with van der Waals surface area (Å²) >= 11 is 1.51. The number of hydrogen-bond acceptors (Lipinski definition) is 5. The lowest BCUT2D eigenvalue weighted by Crippen LogP contribution is -2.36. The van der Waals surface area contributed by atoms with Gasteiger partial charge in [0.2, 0.25) is 0 Å². The Morgan fingerprint density at radius 2 is 2.31 bits per heavy atom. The summed E-state index contributed by atoms with van der Waals surface area (Å²) < 4.78 is 0.915. The highest BCUT2D eigenvalue weighted by Crippen LogP contribution is 2.27. The molecule has 84 valence electrons. The van der Waals surface area contributed by atoms with Crippen molar-refractivity contribution < 1.29 is 9.90 Å². The van der Waals surface area contributed by atoms with Crippen molar-refractivity contribution in [3.8, 4) is 0 Å². The van der Waals surface area contributed by atoms with E-state index < -0.39 is 12.0 Å². The van der Waals surface area contributed by atoms with Gasteiger partial charge in [-0.05, 0) is 18.4 Å². The minimum atomic E-state index is -0.870. The van der Waals surface area contributed by atoms with Crippen LogP contribution in [-0.4, -0.2) is 34.1 Å². The summed E-state index contributed by atoms with van der Waals surface area (Å²) in [7, 11) is 1.72. The van der Waals surface area contributed by atoms with Gasteiger partial charge in [0.05, 0.1) is 10.2 Å². The van der Waals surface area contributed by atoms with Crippen molar-refractivity contribution in [1.29, 1.82) is 0 Å². The average Bonchev–Trinajstić information content (AvgIpc) is 2.74. The van der Waals surface area contributed by atoms with Gasteiger partial charge in [-0.1, -0.05) is 0 Å². The Balaban J connectivity index is 2.46. The Morgan fingerprint density at radius 1 is 1.56 bits per heavy atom. The summed E-state index contributed by atoms with van der Waals surface area (Å²) in [6.45, 7) is 1.63. The minimum absolute atomic E-state index is 0.611. The van der Waals surface area contributed by atoms with Crippen molar-refractivity contribution in [3.63, 3.8) is 0 Å². The van der Waals surface area contributed by atoms with Crippen molar-refractivity contribution in [2.75, 3.05) is 11.9 Å². The normalized spacial score (nSPS) is 12.6. The van der Waals surface area contributed by atoms with Crippen molar-refractivity contribution in [2.45, 2.75) is 13.0 Å². The molecule has 0 aliphatic heterocycles. The van der Waals surface area contributed by atoms with Gasteiger partial charge in [-0.3, -0.25) is 0 Å². The third-order valence-electron chi connectivity index (χ3n) is 2.50. The monoisotopic (exact) mass is 237 g/mol. The Kier molecular flexibility index (Phi) is 2.74. The van der Waals surface area contributed by atoms with Crippen LogP contribution in [0.25, 0.3) is 10.2 Å². The third kappa shape index (κ3) is 1.71. The maximum atomic E-state index is 10.9. The first-order valence-corrected chi connectivity index (χ1v) is 5.63. The van der Waals surface area contributed by atoms with Crippen LogP contribution in [0.5, 0.6) is 0 Å². The van der Waals surface area contributed by atoms with E-state index in [0.29, 0.717) is 5.82 Å². The predicted octanol–water partition coefficient (Wildman–Crippen LogP) is 1.60. The van der Waals surface area contributed by atoms with Crippen LogP contribution < -0.4 is 4.90 Å². The van der Waals surface area contributed by atoms with E-state index >= 15 is 0 Å². The highest BCUT2D eigenvalue weighted by Gasteiger charge is 2.20. The number of thiophene rings is 1. The quantitative estimate of drug-likeness (QED) is 0.878. The first-order chi connectivity index (χ1) is 7.61. The molecule has 0 fully saturated rings. The van der Waals surface area contributed by atoms with Crippen LogP contribution in [0, 0.1) is 0 Å². The summed E-state index contributed by atoms with van der Waals surface area (Å²) in [6, 6.07) is 1.28. The number of anilines is 1. The Hall–Kier alpha value is -1.69. The topological polar surface area (TPSA) is 66.3 Å². The Labute approximate surface area is 96.4 Å². The van der Waals surface area contributed by atoms with Crippen LogP contribution in [0.1, 0.15) is 6.92 Å². The van der Waals surface area contributed by atoms with Gasteiger partial charge in [-0.15, -0.1) is 11.3 Å². The summed E-state index contributed by atoms with van der Waals surface area (Å²) in [6.07, 6.45) is 1.45. The van der Waals surface area contributed by atoms with E-state index in [4.69, 9.17) is 5.11 Å². The molecule has 0 spiro atoms. The second-order valence-electron chi connectivity index (χ2n) is 3.46. The molecular weight excluding hydrogens is 226 g/mol. The molecule has 2 aromatic rings. The molecule has 0 aromatic carbocycles. The van der Waals surface area contributed by atoms with Crippen molar-refractivity contribution >= 4 is 33.3 Å². The molecule has 0 bridgehead atoms. The van der Waals surface area contributed by atoms with Crippen molar-refractivity contribution in [3.05, 3.63) is 17.8 Å². The fourth-order valence-electron chi connectivity index (χ4n) is 1.38. The zero-order valence-corrected chi connectivity index (χ0v) is 9.73. The molecule has 2 rings (SSSR count). The molecule has 6 heteroatoms. The van der Waals surface area contributed by atoms with Crippen LogP contribution in [0.4, 0.5) is 5.82 Å². The van der Waals surface area contributed by atoms with Gasteiger partial charge in [0.15, 0.2) is 0 Å². The highest BCUT2D eigenvalue weighted by atomic mass is 32.1. The van der Waals surface area contributed by atoms with Gasteiger partial charge in [0.1, 0.15) is 18.2 Å². The number of carboxylic acids is 1. The molecular formula is C10H11N3O2S. The molecule has 0 aliphatic rings. The van der Waals surface area contributed by atoms with Gasteiger partial charge in [-0.2, -0.15) is 0 Å². The first-order valence-electron chi connectivity index (χ1n) is 4.75. The van der Waals surface area contributed by atoms with E-state index in [0.717, 1.165) is 10.2 Å². The van der Waals surface area contributed by atoms with E-state index in [9.17, 15) is 4.79 Å². The molecule has 5 nitrogen and oxygen atoms in total. The predicted molar refractivity (Wildman–Crippen MR) is 62.9 cm³/mol. The summed E-state index contributed by atoms with van der Waals surface area (Å²) in [4.78, 5) is 20.8. The van der Waals surface area contributed by atoms with E-state index in [1.165, 1.54) is 17.7 Å². The van der Waals surface area contributed by atoms with Crippen LogP contribution in [0.2, 0.25) is 0 Å². The van der Waals surface area contributed by atoms with Crippen molar-refractivity contribution in [2.24, 2.45) is 0 Å². The molecule has 0 saturated heterocycles. The number of carboxylic acid groups (broad SMARTS) is 1. The SMILES string of the molecule is CC(C(=O)O)N(C)c1ncnc2ccsc12. The minimum Gasteiger partial charge on any atom is -0.480 e. The number of hydrogen-bond donors (Lipinski definition) is 1. The van der Waals surface area contributed by atoms with E-state index in [1.807, 2.05) is 11.4 Å². The number of likely N-dealkylation sites (N-methyl/N-ethyl adjacent to an activating group) is 1. The zero-order valence-electron chi connectivity index (χ0n) is 8.91. The molecule has 1 N–H and O–H groups in total. The average molecular weight is 237 g/mol. The number of fused-ring (bicyclic) bond motifs is 1. The van der Waals surface area contributed by atoms with Crippen molar-refractivity contribution in [1.82, 2.24) is 9.97 Å². The van der Waals surface area contributed by atoms with Crippen LogP contribution in [0.3, 0.4) is 0 Å². The maximum Gasteiger partial charge on any atom is 0.326 e. The van der Waals surface area contributed by atoms with Crippen LogP contribution in [-0.2, 0) is 4.79 Å². The van der Waals surface area contributed by atoms with Gasteiger partial charge < -0.3 is 10.0 Å². The maximum absolute atomic E-state index is 10.9. The lowest BCUT2D eigenvalue weighted by molar-refractivity contribution is -0.138. The van der Waals surface area contributed by atoms with Gasteiger partial charge >= 0.3 is 5.97 Å². The van der Waals surface area contributed by atoms with Gasteiger partial charge in [0.25, 0.3) is 0 Å². The molecule has 0 radical (unpaired) electrons. The lowest BCUT2D eigenvalue weighted by atomic mass is 10.3. The molecule has 1 atom stereocenters. The van der Waals surface area contributed by atoms with Crippen LogP contribution in [0.15, 0.2) is 17.8 Å². The fourth-order valence-corrected chi connectivity index (χ4v) is 2.25. The number of nitrogens with zero attached hydrogens (tertiary/aromatic N) is 3. The summed E-state index contributed by atoms with van der Waals surface area (Å²) in [5, 5.41) is 10.9. The lowest BCUT2D eigenvalue weighted by Gasteiger charge is -2.22. The molecule has 16 heavy (non-hydrogen) atoms. The van der Waals surface area contributed by atoms with Crippen LogP contribution >= 0.6 is 11.3 Å². The van der Waals surface area contributed by atoms with Gasteiger partial charge in [-0.25, -0.2) is 14.8 Å². The zero-order chi connectivity index (χ0) is 11.7. The molecule has 2 heterocycles. The number of aromatic nitrogens is 2. The van der Waals surface area contributed by atoms with E-state index in [-0.39, 0.29) is 0 Å². The number of carbonyl (C=O) groups is 1. The summed E-state index contributed by atoms with van der Waals surface area (Å²) in [5.41, 5.74) is 0.847. The van der Waals surface area contributed by atoms with E-state index in [1.54, 1.807) is 18.9 Å². The molecule has 0 aliphatic carbocycles. The smallest absolute Gasteiger partial charge is 0.326 e. The third-order valence-corrected chi connectivity index (χ3v) is 3.40. The largest absolute Gasteiger partial charge is 0.480 e. The fraction of sp³-hybridized carbons (Fsp3) is 0.300. The second-order valence-corrected chi connectivity index (χ2v) is 4.37. The second kappa shape index (κ2) is 4.05. The van der Waals surface area contributed by atoms with E-state index in [2.05, 4.69) is 9.97 Å². The highest BCUT2D eigenvalue weighted by molar-refractivity contribution is 7.17. The first kappa shape index (κ1) is 10.8. The Morgan fingerprint density at radius 3 is 3.00 bits per heavy atom. The molecule has 1 unspecified atom stereocenters. The molecule has 0 amide bonds. The number of aliphatic carboxylic acids is 1. The number of rotatable bonds is 3. The standard InChI is InChI=1S/C10H11N3O2S/c1-6(10(14)15)13(2)9-8-7(3-4-16-8)11-5-12-9/h3-6H,1-2H3,(H,14,15). The molecule has 0 saturated carbocycles. The van der Waals surface area contributed by atoms with Gasteiger partial charge in [0, 0.05) is 7.05 Å². The Bertz CT molecular complexity index is 526. The summed E-state index contributed by atoms with van der Waals surface area (Å²) in [5.74, 6) is -0.208.